The van der Waals surface area contributed by atoms with Crippen LogP contribution in [0.5, 0.6) is 0 Å². The van der Waals surface area contributed by atoms with Crippen LogP contribution in [0.1, 0.15) is 65.7 Å². The number of rotatable bonds is 6. The van der Waals surface area contributed by atoms with Gasteiger partial charge in [-0.1, -0.05) is 44.6 Å². The largest absolute Gasteiger partial charge is 0.479 e. The first-order valence-electron chi connectivity index (χ1n) is 15.0. The molecule has 2 aliphatic heterocycles. The maximum atomic E-state index is 14.0. The Balaban J connectivity index is 1.84. The molecule has 13 heteroatoms. The van der Waals surface area contributed by atoms with Crippen molar-refractivity contribution in [2.24, 2.45) is 5.92 Å². The SMILES string of the molecule is CC(C)(C)OC(=O)N[C@@H]1C[C@H]2C(=O)N[C@]3(C(=O)O)C[C@H]3C=CCCCCC[C@H](NC(=O)OCC[Si](C)(C)C)C(=O)N2C1. The molecular formula is C29H48N4O8Si. The highest BCUT2D eigenvalue weighted by molar-refractivity contribution is 6.76. The van der Waals surface area contributed by atoms with E-state index < -0.39 is 67.3 Å². The van der Waals surface area contributed by atoms with Gasteiger partial charge >= 0.3 is 18.2 Å². The summed E-state index contributed by atoms with van der Waals surface area (Å²) in [6.07, 6.45) is 6.15. The molecule has 0 unspecified atom stereocenters. The van der Waals surface area contributed by atoms with E-state index >= 15 is 0 Å². The second-order valence-electron chi connectivity index (χ2n) is 13.9. The molecule has 0 aromatic heterocycles. The molecule has 0 aromatic carbocycles. The average Bonchev–Trinajstić information content (AvgIpc) is 3.38. The molecule has 0 bridgehead atoms. The summed E-state index contributed by atoms with van der Waals surface area (Å²) in [6, 6.07) is -1.82. The molecule has 2 heterocycles. The lowest BCUT2D eigenvalue weighted by atomic mass is 10.0. The van der Waals surface area contributed by atoms with E-state index in [2.05, 4.69) is 35.6 Å². The fourth-order valence-corrected chi connectivity index (χ4v) is 6.03. The van der Waals surface area contributed by atoms with Gasteiger partial charge in [0.2, 0.25) is 11.8 Å². The third-order valence-corrected chi connectivity index (χ3v) is 9.46. The Labute approximate surface area is 249 Å². The zero-order chi connectivity index (χ0) is 31.3. The summed E-state index contributed by atoms with van der Waals surface area (Å²) in [4.78, 5) is 66.3. The zero-order valence-electron chi connectivity index (χ0n) is 25.8. The first kappa shape index (κ1) is 33.4. The van der Waals surface area contributed by atoms with Gasteiger partial charge in [-0.3, -0.25) is 9.59 Å². The summed E-state index contributed by atoms with van der Waals surface area (Å²) in [6.45, 7) is 12.0. The molecule has 1 saturated carbocycles. The summed E-state index contributed by atoms with van der Waals surface area (Å²) in [5.41, 5.74) is -2.18. The molecule has 5 atom stereocenters. The Morgan fingerprint density at radius 2 is 1.83 bits per heavy atom. The lowest BCUT2D eigenvalue weighted by Gasteiger charge is -2.29. The maximum absolute atomic E-state index is 14.0. The van der Waals surface area contributed by atoms with Gasteiger partial charge < -0.3 is 35.4 Å². The lowest BCUT2D eigenvalue weighted by Crippen LogP contribution is -2.56. The number of nitrogens with one attached hydrogen (secondary N) is 3. The number of carboxylic acid groups (broad SMARTS) is 1. The highest BCUT2D eigenvalue weighted by Gasteiger charge is 2.61. The van der Waals surface area contributed by atoms with Crippen molar-refractivity contribution in [1.82, 2.24) is 20.9 Å². The van der Waals surface area contributed by atoms with E-state index in [-0.39, 0.29) is 31.9 Å². The van der Waals surface area contributed by atoms with E-state index in [4.69, 9.17) is 9.47 Å². The molecule has 0 radical (unpaired) electrons. The number of aliphatic carboxylic acids is 1. The van der Waals surface area contributed by atoms with Crippen LogP contribution in [-0.2, 0) is 23.9 Å². The highest BCUT2D eigenvalue weighted by Crippen LogP contribution is 2.45. The number of fused-ring (bicyclic) bond motifs is 2. The lowest BCUT2D eigenvalue weighted by molar-refractivity contribution is -0.145. The van der Waals surface area contributed by atoms with Gasteiger partial charge in [0.1, 0.15) is 23.2 Å². The molecule has 3 aliphatic rings. The first-order valence-corrected chi connectivity index (χ1v) is 18.7. The van der Waals surface area contributed by atoms with E-state index in [1.165, 1.54) is 4.90 Å². The third kappa shape index (κ3) is 9.46. The monoisotopic (exact) mass is 608 g/mol. The van der Waals surface area contributed by atoms with Gasteiger partial charge in [-0.25, -0.2) is 14.4 Å². The number of hydrogen-bond acceptors (Lipinski definition) is 7. The van der Waals surface area contributed by atoms with E-state index in [0.29, 0.717) is 12.8 Å². The molecule has 4 amide bonds. The van der Waals surface area contributed by atoms with Gasteiger partial charge in [0.25, 0.3) is 0 Å². The Hall–Kier alpha value is -3.09. The predicted molar refractivity (Wildman–Crippen MR) is 159 cm³/mol. The highest BCUT2D eigenvalue weighted by atomic mass is 28.3. The summed E-state index contributed by atoms with van der Waals surface area (Å²) >= 11 is 0. The topological polar surface area (TPSA) is 163 Å². The Kier molecular flexibility index (Phi) is 10.7. The van der Waals surface area contributed by atoms with Crippen LogP contribution in [0.2, 0.25) is 25.7 Å². The third-order valence-electron chi connectivity index (χ3n) is 7.76. The number of allylic oxidation sites excluding steroid dienone is 1. The quantitative estimate of drug-likeness (QED) is 0.263. The van der Waals surface area contributed by atoms with Crippen LogP contribution in [-0.4, -0.2) is 90.5 Å². The Bertz CT molecular complexity index is 1070. The van der Waals surface area contributed by atoms with Crippen molar-refractivity contribution >= 4 is 38.0 Å². The van der Waals surface area contributed by atoms with Crippen LogP contribution in [0.4, 0.5) is 9.59 Å². The normalized spacial score (nSPS) is 28.8. The molecular weight excluding hydrogens is 560 g/mol. The molecule has 1 aliphatic carbocycles. The summed E-state index contributed by atoms with van der Waals surface area (Å²) in [7, 11) is -1.44. The van der Waals surface area contributed by atoms with Gasteiger partial charge in [0, 0.05) is 20.5 Å². The zero-order valence-corrected chi connectivity index (χ0v) is 26.8. The van der Waals surface area contributed by atoms with E-state index in [1.807, 2.05) is 12.2 Å². The Morgan fingerprint density at radius 3 is 2.48 bits per heavy atom. The molecule has 42 heavy (non-hydrogen) atoms. The van der Waals surface area contributed by atoms with Crippen molar-refractivity contribution < 1.29 is 38.6 Å². The summed E-state index contributed by atoms with van der Waals surface area (Å²) in [5, 5.41) is 18.1. The van der Waals surface area contributed by atoms with Gasteiger partial charge in [0.15, 0.2) is 0 Å². The summed E-state index contributed by atoms with van der Waals surface area (Å²) in [5.74, 6) is -2.56. The first-order chi connectivity index (χ1) is 19.5. The number of carbonyl (C=O) groups is 5. The molecule has 12 nitrogen and oxygen atoms in total. The minimum absolute atomic E-state index is 0.00240. The number of hydrogen-bond donors (Lipinski definition) is 4. The number of carbonyl (C=O) groups excluding carboxylic acids is 4. The number of ether oxygens (including phenoxy) is 2. The van der Waals surface area contributed by atoms with E-state index in [9.17, 15) is 29.1 Å². The van der Waals surface area contributed by atoms with Gasteiger partial charge in [-0.05, 0) is 58.9 Å². The molecule has 0 aromatic rings. The van der Waals surface area contributed by atoms with Crippen LogP contribution in [0.3, 0.4) is 0 Å². The van der Waals surface area contributed by atoms with Crippen molar-refractivity contribution in [3.8, 4) is 0 Å². The van der Waals surface area contributed by atoms with Crippen LogP contribution in [0, 0.1) is 5.92 Å². The van der Waals surface area contributed by atoms with Crippen molar-refractivity contribution in [2.75, 3.05) is 13.2 Å². The Morgan fingerprint density at radius 1 is 1.12 bits per heavy atom. The molecule has 4 N–H and O–H groups in total. The average molecular weight is 609 g/mol. The number of alkyl carbamates (subject to hydrolysis) is 2. The van der Waals surface area contributed by atoms with Crippen molar-refractivity contribution in [3.63, 3.8) is 0 Å². The van der Waals surface area contributed by atoms with Crippen molar-refractivity contribution in [1.29, 1.82) is 0 Å². The van der Waals surface area contributed by atoms with Crippen LogP contribution in [0.15, 0.2) is 12.2 Å². The van der Waals surface area contributed by atoms with Gasteiger partial charge in [-0.15, -0.1) is 0 Å². The standard InChI is InChI=1S/C29H48N4O8Si/c1-28(2,3)41-27(39)30-20-16-22-23(34)32-29(25(36)37)17-19(29)12-10-8-7-9-11-13-21(24(35)33(22)18-20)31-26(38)40-14-15-42(4,5)6/h10,12,19-22H,7-9,11,13-18H2,1-6H3,(H,30,39)(H,31,38)(H,32,34)(H,36,37)/t19-,20-,21+,22+,29-/m1/s1. The molecule has 2 fully saturated rings. The molecule has 0 spiro atoms. The molecule has 1 saturated heterocycles. The molecule has 236 valence electrons. The summed E-state index contributed by atoms with van der Waals surface area (Å²) < 4.78 is 10.8. The number of amides is 4. The van der Waals surface area contributed by atoms with Crippen molar-refractivity contribution in [2.45, 2.75) is 121 Å². The van der Waals surface area contributed by atoms with Gasteiger partial charge in [0.05, 0.1) is 12.6 Å². The van der Waals surface area contributed by atoms with Crippen LogP contribution in [0.25, 0.3) is 0 Å². The fourth-order valence-electron chi connectivity index (χ4n) is 5.31. The van der Waals surface area contributed by atoms with E-state index in [0.717, 1.165) is 25.3 Å². The van der Waals surface area contributed by atoms with Gasteiger partial charge in [-0.2, -0.15) is 0 Å². The molecule has 3 rings (SSSR count). The predicted octanol–water partition coefficient (Wildman–Crippen LogP) is 3.39. The van der Waals surface area contributed by atoms with Crippen LogP contribution >= 0.6 is 0 Å². The second kappa shape index (κ2) is 13.5. The number of carboxylic acids is 1. The minimum atomic E-state index is -1.44. The second-order valence-corrected chi connectivity index (χ2v) is 19.5. The fraction of sp³-hybridized carbons (Fsp3) is 0.759. The minimum Gasteiger partial charge on any atom is -0.479 e. The van der Waals surface area contributed by atoms with Crippen molar-refractivity contribution in [3.05, 3.63) is 12.2 Å². The number of nitrogens with zero attached hydrogens (tertiary/aromatic N) is 1. The smallest absolute Gasteiger partial charge is 0.407 e. The van der Waals surface area contributed by atoms with Crippen LogP contribution < -0.4 is 16.0 Å². The maximum Gasteiger partial charge on any atom is 0.407 e. The van der Waals surface area contributed by atoms with E-state index in [1.54, 1.807) is 20.8 Å².